The number of nitrogens with one attached hydrogen (secondary N) is 1. The van der Waals surface area contributed by atoms with Gasteiger partial charge in [-0.15, -0.1) is 0 Å². The Bertz CT molecular complexity index is 477. The van der Waals surface area contributed by atoms with Gasteiger partial charge in [0.1, 0.15) is 0 Å². The normalized spacial score (nSPS) is 16.1. The first-order chi connectivity index (χ1) is 9.61. The molecule has 1 aliphatic heterocycles. The van der Waals surface area contributed by atoms with Crippen molar-refractivity contribution in [3.05, 3.63) is 24.0 Å². The van der Waals surface area contributed by atoms with E-state index in [9.17, 15) is 13.6 Å². The average Bonchev–Trinajstić information content (AvgIpc) is 2.45. The van der Waals surface area contributed by atoms with E-state index in [2.05, 4.69) is 10.3 Å². The van der Waals surface area contributed by atoms with Crippen molar-refractivity contribution in [2.45, 2.75) is 25.8 Å². The number of carbonyl (C=O) groups excluding carboxylic acids is 1. The van der Waals surface area contributed by atoms with E-state index >= 15 is 0 Å². The molecule has 1 fully saturated rings. The quantitative estimate of drug-likeness (QED) is 0.866. The maximum Gasteiger partial charge on any atom is 0.409 e. The van der Waals surface area contributed by atoms with Gasteiger partial charge in [0.15, 0.2) is 0 Å². The number of aromatic nitrogens is 1. The molecule has 0 atom stereocenters. The van der Waals surface area contributed by atoms with Gasteiger partial charge in [-0.1, -0.05) is 0 Å². The van der Waals surface area contributed by atoms with Crippen LogP contribution in [-0.2, 0) is 4.74 Å². The Morgan fingerprint density at radius 1 is 1.50 bits per heavy atom. The van der Waals surface area contributed by atoms with Crippen LogP contribution in [0.4, 0.5) is 19.3 Å². The largest absolute Gasteiger partial charge is 0.450 e. The van der Waals surface area contributed by atoms with E-state index in [0.717, 1.165) is 0 Å². The van der Waals surface area contributed by atoms with Gasteiger partial charge in [-0.25, -0.2) is 9.78 Å². The van der Waals surface area contributed by atoms with Gasteiger partial charge in [-0.05, 0) is 25.8 Å². The first-order valence-electron chi connectivity index (χ1n) is 6.60. The molecule has 0 aliphatic carbocycles. The Morgan fingerprint density at radius 2 is 2.20 bits per heavy atom. The third-order valence-corrected chi connectivity index (χ3v) is 3.23. The van der Waals surface area contributed by atoms with Crippen LogP contribution < -0.4 is 5.32 Å². The molecule has 0 bridgehead atoms. The third kappa shape index (κ3) is 3.34. The molecular weight excluding hydrogens is 268 g/mol. The van der Waals surface area contributed by atoms with Gasteiger partial charge in [0.05, 0.1) is 12.3 Å². The highest BCUT2D eigenvalue weighted by Crippen LogP contribution is 2.20. The van der Waals surface area contributed by atoms with Gasteiger partial charge >= 0.3 is 6.09 Å². The summed E-state index contributed by atoms with van der Waals surface area (Å²) in [6.45, 7) is 3.17. The topological polar surface area (TPSA) is 54.5 Å². The van der Waals surface area contributed by atoms with E-state index in [-0.39, 0.29) is 17.8 Å². The fourth-order valence-electron chi connectivity index (χ4n) is 2.17. The lowest BCUT2D eigenvalue weighted by Crippen LogP contribution is -2.42. The standard InChI is InChI=1S/C13H17F2N3O2/c1-2-20-13(19)18-7-4-9(5-8-18)17-10-3-6-16-12(15)11(10)14/h3,6,9H,2,4-5,7-8H2,1H3,(H,16,17). The SMILES string of the molecule is CCOC(=O)N1CCC(Nc2ccnc(F)c2F)CC1. The number of amides is 1. The van der Waals surface area contributed by atoms with Gasteiger partial charge in [0, 0.05) is 25.3 Å². The molecule has 110 valence electrons. The molecule has 1 N–H and O–H groups in total. The summed E-state index contributed by atoms with van der Waals surface area (Å²) in [4.78, 5) is 16.4. The minimum absolute atomic E-state index is 0.00280. The number of hydrogen-bond donors (Lipinski definition) is 1. The number of likely N-dealkylation sites (tertiary alicyclic amines) is 1. The number of hydrogen-bond acceptors (Lipinski definition) is 4. The van der Waals surface area contributed by atoms with E-state index in [4.69, 9.17) is 4.74 Å². The van der Waals surface area contributed by atoms with Crippen molar-refractivity contribution in [2.24, 2.45) is 0 Å². The van der Waals surface area contributed by atoms with Crippen LogP contribution in [0.1, 0.15) is 19.8 Å². The predicted molar refractivity (Wildman–Crippen MR) is 69.4 cm³/mol. The van der Waals surface area contributed by atoms with Crippen LogP contribution >= 0.6 is 0 Å². The van der Waals surface area contributed by atoms with Crippen LogP contribution in [0.25, 0.3) is 0 Å². The second-order valence-electron chi connectivity index (χ2n) is 4.57. The summed E-state index contributed by atoms with van der Waals surface area (Å²) >= 11 is 0. The number of piperidine rings is 1. The summed E-state index contributed by atoms with van der Waals surface area (Å²) in [5.74, 6) is -2.08. The van der Waals surface area contributed by atoms with Crippen molar-refractivity contribution in [3.63, 3.8) is 0 Å². The average molecular weight is 285 g/mol. The minimum Gasteiger partial charge on any atom is -0.450 e. The van der Waals surface area contributed by atoms with Crippen molar-refractivity contribution < 1.29 is 18.3 Å². The van der Waals surface area contributed by atoms with Crippen molar-refractivity contribution in [2.75, 3.05) is 25.0 Å². The number of halogens is 2. The molecule has 1 aliphatic rings. The molecule has 2 heterocycles. The summed E-state index contributed by atoms with van der Waals surface area (Å²) in [7, 11) is 0. The Kier molecular flexibility index (Phi) is 4.70. The summed E-state index contributed by atoms with van der Waals surface area (Å²) in [5, 5.41) is 2.95. The molecule has 20 heavy (non-hydrogen) atoms. The number of pyridine rings is 1. The van der Waals surface area contributed by atoms with Gasteiger partial charge in [-0.3, -0.25) is 0 Å². The van der Waals surface area contributed by atoms with Crippen LogP contribution in [0, 0.1) is 11.8 Å². The molecule has 1 aromatic heterocycles. The highest BCUT2D eigenvalue weighted by atomic mass is 19.2. The maximum absolute atomic E-state index is 13.5. The zero-order valence-corrected chi connectivity index (χ0v) is 11.2. The van der Waals surface area contributed by atoms with E-state index in [0.29, 0.717) is 32.5 Å². The zero-order valence-electron chi connectivity index (χ0n) is 11.2. The van der Waals surface area contributed by atoms with Crippen LogP contribution in [0.5, 0.6) is 0 Å². The number of anilines is 1. The van der Waals surface area contributed by atoms with E-state index in [1.54, 1.807) is 11.8 Å². The number of carbonyl (C=O) groups is 1. The fourth-order valence-corrected chi connectivity index (χ4v) is 2.17. The van der Waals surface area contributed by atoms with Gasteiger partial charge < -0.3 is 15.0 Å². The number of ether oxygens (including phenoxy) is 1. The second-order valence-corrected chi connectivity index (χ2v) is 4.57. The highest BCUT2D eigenvalue weighted by molar-refractivity contribution is 5.67. The molecule has 1 aromatic rings. The van der Waals surface area contributed by atoms with Gasteiger partial charge in [0.25, 0.3) is 5.95 Å². The Morgan fingerprint density at radius 3 is 2.85 bits per heavy atom. The summed E-state index contributed by atoms with van der Waals surface area (Å²) in [5.41, 5.74) is 0.104. The van der Waals surface area contributed by atoms with E-state index in [1.807, 2.05) is 0 Å². The Hall–Kier alpha value is -1.92. The van der Waals surface area contributed by atoms with Crippen molar-refractivity contribution in [3.8, 4) is 0 Å². The summed E-state index contributed by atoms with van der Waals surface area (Å²) < 4.78 is 31.4. The minimum atomic E-state index is -1.11. The Balaban J connectivity index is 1.88. The predicted octanol–water partition coefficient (Wildman–Crippen LogP) is 2.39. The van der Waals surface area contributed by atoms with Crippen LogP contribution in [0.3, 0.4) is 0 Å². The van der Waals surface area contributed by atoms with E-state index < -0.39 is 11.8 Å². The van der Waals surface area contributed by atoms with Crippen molar-refractivity contribution in [1.82, 2.24) is 9.88 Å². The second kappa shape index (κ2) is 6.49. The molecule has 2 rings (SSSR count). The molecule has 5 nitrogen and oxygen atoms in total. The van der Waals surface area contributed by atoms with Crippen LogP contribution in [-0.4, -0.2) is 41.7 Å². The molecule has 1 saturated heterocycles. The molecule has 0 saturated carbocycles. The molecule has 0 aromatic carbocycles. The molecular formula is C13H17F2N3O2. The lowest BCUT2D eigenvalue weighted by Gasteiger charge is -2.32. The van der Waals surface area contributed by atoms with Crippen LogP contribution in [0.2, 0.25) is 0 Å². The van der Waals surface area contributed by atoms with Gasteiger partial charge in [-0.2, -0.15) is 8.78 Å². The Labute approximate surface area is 115 Å². The molecule has 1 amide bonds. The van der Waals surface area contributed by atoms with Crippen LogP contribution in [0.15, 0.2) is 12.3 Å². The van der Waals surface area contributed by atoms with E-state index in [1.165, 1.54) is 12.3 Å². The summed E-state index contributed by atoms with van der Waals surface area (Å²) in [6, 6.07) is 1.40. The van der Waals surface area contributed by atoms with Crippen molar-refractivity contribution >= 4 is 11.8 Å². The molecule has 0 spiro atoms. The number of nitrogens with zero attached hydrogens (tertiary/aromatic N) is 2. The highest BCUT2D eigenvalue weighted by Gasteiger charge is 2.24. The van der Waals surface area contributed by atoms with Gasteiger partial charge in [0.2, 0.25) is 5.82 Å². The third-order valence-electron chi connectivity index (χ3n) is 3.23. The molecule has 7 heteroatoms. The fraction of sp³-hybridized carbons (Fsp3) is 0.538. The maximum atomic E-state index is 13.5. The zero-order chi connectivity index (χ0) is 14.5. The lowest BCUT2D eigenvalue weighted by molar-refractivity contribution is 0.0983. The monoisotopic (exact) mass is 285 g/mol. The first kappa shape index (κ1) is 14.5. The first-order valence-corrected chi connectivity index (χ1v) is 6.60. The van der Waals surface area contributed by atoms with Crippen molar-refractivity contribution in [1.29, 1.82) is 0 Å². The lowest BCUT2D eigenvalue weighted by atomic mass is 10.1. The summed E-state index contributed by atoms with van der Waals surface area (Å²) in [6.07, 6.45) is 2.20. The molecule has 0 unspecified atom stereocenters. The smallest absolute Gasteiger partial charge is 0.409 e. The number of rotatable bonds is 3. The molecule has 0 radical (unpaired) electrons.